The van der Waals surface area contributed by atoms with Crippen LogP contribution in [0.4, 0.5) is 5.69 Å². The molecule has 7 heteroatoms. The van der Waals surface area contributed by atoms with Crippen molar-refractivity contribution in [1.82, 2.24) is 4.57 Å². The number of hydrogen-bond donors (Lipinski definition) is 2. The van der Waals surface area contributed by atoms with E-state index in [1.54, 1.807) is 22.9 Å². The lowest BCUT2D eigenvalue weighted by Gasteiger charge is -2.10. The number of aromatic carboxylic acids is 1. The molecule has 2 aromatic rings. The highest BCUT2D eigenvalue weighted by Gasteiger charge is 2.15. The third-order valence-electron chi connectivity index (χ3n) is 2.90. The van der Waals surface area contributed by atoms with E-state index in [4.69, 9.17) is 16.7 Å². The fourth-order valence-corrected chi connectivity index (χ4v) is 2.43. The molecule has 0 unspecified atom stereocenters. The topological polar surface area (TPSA) is 71.3 Å². The molecular weight excluding hydrogens is 360 g/mol. The van der Waals surface area contributed by atoms with Crippen LogP contribution in [0.2, 0.25) is 5.02 Å². The number of benzene rings is 1. The van der Waals surface area contributed by atoms with Crippen molar-refractivity contribution in [3.8, 4) is 0 Å². The molecule has 0 saturated carbocycles. The van der Waals surface area contributed by atoms with Gasteiger partial charge in [-0.1, -0.05) is 11.6 Å². The van der Waals surface area contributed by atoms with Gasteiger partial charge in [0.15, 0.2) is 0 Å². The van der Waals surface area contributed by atoms with Gasteiger partial charge in [0.1, 0.15) is 5.69 Å². The minimum Gasteiger partial charge on any atom is -0.478 e. The summed E-state index contributed by atoms with van der Waals surface area (Å²) in [5.74, 6) is -1.41. The van der Waals surface area contributed by atoms with Gasteiger partial charge in [-0.2, -0.15) is 0 Å². The van der Waals surface area contributed by atoms with Crippen molar-refractivity contribution in [3.63, 3.8) is 0 Å². The first kappa shape index (κ1) is 15.6. The van der Waals surface area contributed by atoms with Gasteiger partial charge in [-0.3, -0.25) is 4.79 Å². The molecule has 1 aromatic carbocycles. The van der Waals surface area contributed by atoms with Crippen LogP contribution in [-0.2, 0) is 6.54 Å². The predicted octanol–water partition coefficient (Wildman–Crippen LogP) is 3.87. The second-order valence-corrected chi connectivity index (χ2v) is 5.57. The highest BCUT2D eigenvalue weighted by Crippen LogP contribution is 2.25. The Morgan fingerprint density at radius 1 is 1.38 bits per heavy atom. The molecule has 0 bridgehead atoms. The van der Waals surface area contributed by atoms with E-state index >= 15 is 0 Å². The molecule has 1 heterocycles. The van der Waals surface area contributed by atoms with Crippen LogP contribution in [0.15, 0.2) is 34.9 Å². The zero-order valence-electron chi connectivity index (χ0n) is 11.1. The Labute approximate surface area is 134 Å². The second-order valence-electron chi connectivity index (χ2n) is 4.28. The van der Waals surface area contributed by atoms with Crippen LogP contribution >= 0.6 is 27.5 Å². The number of amides is 1. The third kappa shape index (κ3) is 3.46. The molecule has 0 radical (unpaired) electrons. The molecule has 0 aliphatic rings. The number of carbonyl (C=O) groups is 2. The van der Waals surface area contributed by atoms with Crippen LogP contribution in [-0.4, -0.2) is 21.6 Å². The molecule has 21 heavy (non-hydrogen) atoms. The molecule has 0 saturated heterocycles. The van der Waals surface area contributed by atoms with E-state index in [0.717, 1.165) is 0 Å². The van der Waals surface area contributed by atoms with E-state index in [9.17, 15) is 9.59 Å². The highest BCUT2D eigenvalue weighted by molar-refractivity contribution is 9.10. The summed E-state index contributed by atoms with van der Waals surface area (Å²) in [6.07, 6.45) is 1.67. The van der Waals surface area contributed by atoms with Crippen LogP contribution < -0.4 is 5.32 Å². The highest BCUT2D eigenvalue weighted by atomic mass is 79.9. The van der Waals surface area contributed by atoms with E-state index in [2.05, 4.69) is 21.2 Å². The van der Waals surface area contributed by atoms with Crippen LogP contribution in [0.5, 0.6) is 0 Å². The molecule has 0 aliphatic carbocycles. The van der Waals surface area contributed by atoms with Gasteiger partial charge < -0.3 is 15.0 Å². The zero-order chi connectivity index (χ0) is 15.6. The van der Waals surface area contributed by atoms with Gasteiger partial charge in [0.05, 0.1) is 16.3 Å². The van der Waals surface area contributed by atoms with Gasteiger partial charge in [0, 0.05) is 17.2 Å². The van der Waals surface area contributed by atoms with Crippen molar-refractivity contribution in [3.05, 3.63) is 51.2 Å². The quantitative estimate of drug-likeness (QED) is 0.857. The number of nitrogens with zero attached hydrogens (tertiary/aromatic N) is 1. The van der Waals surface area contributed by atoms with Crippen molar-refractivity contribution in [2.75, 3.05) is 5.32 Å². The number of aromatic nitrogens is 1. The molecule has 1 aromatic heterocycles. The van der Waals surface area contributed by atoms with E-state index < -0.39 is 5.97 Å². The second kappa shape index (κ2) is 6.32. The third-order valence-corrected chi connectivity index (χ3v) is 3.80. The number of carboxylic acids is 1. The van der Waals surface area contributed by atoms with Gasteiger partial charge in [-0.15, -0.1) is 0 Å². The van der Waals surface area contributed by atoms with Gasteiger partial charge >= 0.3 is 5.97 Å². The number of anilines is 1. The molecule has 2 N–H and O–H groups in total. The summed E-state index contributed by atoms with van der Waals surface area (Å²) in [5.41, 5.74) is 0.896. The lowest BCUT2D eigenvalue weighted by Crippen LogP contribution is -2.17. The summed E-state index contributed by atoms with van der Waals surface area (Å²) in [6, 6.07) is 5.99. The van der Waals surface area contributed by atoms with Crippen molar-refractivity contribution < 1.29 is 14.7 Å². The molecule has 110 valence electrons. The maximum Gasteiger partial charge on any atom is 0.335 e. The van der Waals surface area contributed by atoms with Crippen molar-refractivity contribution in [2.24, 2.45) is 0 Å². The summed E-state index contributed by atoms with van der Waals surface area (Å²) in [5, 5.41) is 12.1. The van der Waals surface area contributed by atoms with Crippen LogP contribution in [0.3, 0.4) is 0 Å². The van der Waals surface area contributed by atoms with Gasteiger partial charge in [0.2, 0.25) is 0 Å². The molecule has 0 spiro atoms. The average molecular weight is 372 g/mol. The summed E-state index contributed by atoms with van der Waals surface area (Å²) in [6.45, 7) is 2.50. The fourth-order valence-electron chi connectivity index (χ4n) is 1.87. The van der Waals surface area contributed by atoms with Crippen molar-refractivity contribution >= 4 is 45.1 Å². The number of aryl methyl sites for hydroxylation is 1. The Morgan fingerprint density at radius 2 is 2.10 bits per heavy atom. The molecular formula is C14H12BrClN2O3. The Balaban J connectivity index is 2.31. The number of halogens is 2. The van der Waals surface area contributed by atoms with Crippen LogP contribution in [0.1, 0.15) is 27.8 Å². The lowest BCUT2D eigenvalue weighted by molar-refractivity contribution is 0.0696. The normalized spacial score (nSPS) is 10.4. The molecule has 0 atom stereocenters. The van der Waals surface area contributed by atoms with Crippen molar-refractivity contribution in [1.29, 1.82) is 0 Å². The van der Waals surface area contributed by atoms with Crippen LogP contribution in [0, 0.1) is 0 Å². The van der Waals surface area contributed by atoms with E-state index in [-0.39, 0.29) is 11.5 Å². The number of nitrogens with one attached hydrogen (secondary N) is 1. The molecule has 0 fully saturated rings. The molecule has 2 rings (SSSR count). The van der Waals surface area contributed by atoms with E-state index in [0.29, 0.717) is 27.4 Å². The van der Waals surface area contributed by atoms with E-state index in [1.807, 2.05) is 6.92 Å². The number of carbonyl (C=O) groups excluding carboxylic acids is 1. The molecule has 0 aliphatic heterocycles. The van der Waals surface area contributed by atoms with Crippen molar-refractivity contribution in [2.45, 2.75) is 13.5 Å². The van der Waals surface area contributed by atoms with Gasteiger partial charge in [0.25, 0.3) is 5.91 Å². The smallest absolute Gasteiger partial charge is 0.335 e. The first-order valence-corrected chi connectivity index (χ1v) is 7.29. The SMILES string of the molecule is CCn1cc(Cl)cc1C(=O)Nc1cc(C(=O)O)ccc1Br. The van der Waals surface area contributed by atoms with Gasteiger partial charge in [-0.25, -0.2) is 4.79 Å². The number of rotatable bonds is 4. The standard InChI is InChI=1S/C14H12BrClN2O3/c1-2-18-7-9(16)6-12(18)13(19)17-11-5-8(14(20)21)3-4-10(11)15/h3-7H,2H2,1H3,(H,17,19)(H,20,21). The Morgan fingerprint density at radius 3 is 2.71 bits per heavy atom. The maximum absolute atomic E-state index is 12.3. The predicted molar refractivity (Wildman–Crippen MR) is 84.2 cm³/mol. The monoisotopic (exact) mass is 370 g/mol. The Kier molecular flexibility index (Phi) is 4.69. The first-order valence-electron chi connectivity index (χ1n) is 6.12. The average Bonchev–Trinajstić information content (AvgIpc) is 2.82. The number of hydrogen-bond acceptors (Lipinski definition) is 2. The minimum atomic E-state index is -1.06. The fraction of sp³-hybridized carbons (Fsp3) is 0.143. The van der Waals surface area contributed by atoms with E-state index in [1.165, 1.54) is 12.1 Å². The Hall–Kier alpha value is -1.79. The lowest BCUT2D eigenvalue weighted by atomic mass is 10.2. The molecule has 5 nitrogen and oxygen atoms in total. The maximum atomic E-state index is 12.3. The summed E-state index contributed by atoms with van der Waals surface area (Å²) in [4.78, 5) is 23.3. The summed E-state index contributed by atoms with van der Waals surface area (Å²) in [7, 11) is 0. The Bertz CT molecular complexity index is 712. The zero-order valence-corrected chi connectivity index (χ0v) is 13.4. The largest absolute Gasteiger partial charge is 0.478 e. The van der Waals surface area contributed by atoms with Crippen LogP contribution in [0.25, 0.3) is 0 Å². The summed E-state index contributed by atoms with van der Waals surface area (Å²) >= 11 is 9.18. The first-order chi connectivity index (χ1) is 9.92. The minimum absolute atomic E-state index is 0.0948. The van der Waals surface area contributed by atoms with Gasteiger partial charge in [-0.05, 0) is 47.1 Å². The summed E-state index contributed by atoms with van der Waals surface area (Å²) < 4.78 is 2.31. The molecule has 1 amide bonds. The number of carboxylic acid groups (broad SMARTS) is 1.